The van der Waals surface area contributed by atoms with Crippen molar-refractivity contribution < 1.29 is 43.2 Å². The van der Waals surface area contributed by atoms with Crippen molar-refractivity contribution in [2.24, 2.45) is 0 Å². The number of nitrogens with one attached hydrogen (secondary N) is 2. The Morgan fingerprint density at radius 1 is 0.920 bits per heavy atom. The van der Waals surface area contributed by atoms with Crippen LogP contribution in [-0.2, 0) is 31.5 Å². The zero-order chi connectivity index (χ0) is 35.9. The second kappa shape index (κ2) is 11.9. The second-order valence-corrected chi connectivity index (χ2v) is 18.2. The summed E-state index contributed by atoms with van der Waals surface area (Å²) in [7, 11) is -8.46. The third-order valence-electron chi connectivity index (χ3n) is 9.59. The minimum absolute atomic E-state index is 0.0429. The SMILES string of the molecule is CS(=O)(=O)C1CCC(Nc2nccc(-c3sc(C45CC(F)(C4)C5)nc3-c3cccc(NS(=O)(=O)c4c(F)cccc4C(F)(F)F)c3F)n2)CC1. The van der Waals surface area contributed by atoms with E-state index in [-0.39, 0.29) is 42.5 Å². The van der Waals surface area contributed by atoms with E-state index < -0.39 is 70.2 Å². The van der Waals surface area contributed by atoms with Crippen LogP contribution in [0.2, 0.25) is 0 Å². The molecule has 2 bridgehead atoms. The van der Waals surface area contributed by atoms with Gasteiger partial charge in [-0.15, -0.1) is 11.3 Å². The van der Waals surface area contributed by atoms with Gasteiger partial charge < -0.3 is 5.32 Å². The summed E-state index contributed by atoms with van der Waals surface area (Å²) in [6.07, 6.45) is 0.289. The van der Waals surface area contributed by atoms with Crippen molar-refractivity contribution in [2.75, 3.05) is 16.3 Å². The fourth-order valence-electron chi connectivity index (χ4n) is 7.16. The quantitative estimate of drug-likeness (QED) is 0.171. The molecule has 8 rings (SSSR count). The van der Waals surface area contributed by atoms with Gasteiger partial charge in [0.25, 0.3) is 10.0 Å². The number of sulfonamides is 1. The van der Waals surface area contributed by atoms with Gasteiger partial charge in [-0.3, -0.25) is 4.72 Å². The van der Waals surface area contributed by atoms with Crippen molar-refractivity contribution in [1.29, 1.82) is 0 Å². The molecule has 0 atom stereocenters. The molecule has 2 aromatic heterocycles. The Kier molecular flexibility index (Phi) is 8.25. The summed E-state index contributed by atoms with van der Waals surface area (Å²) in [5.74, 6) is -2.63. The first-order valence-corrected chi connectivity index (χ1v) is 19.8. The lowest BCUT2D eigenvalue weighted by atomic mass is 9.42. The molecule has 2 aromatic carbocycles. The highest BCUT2D eigenvalue weighted by molar-refractivity contribution is 7.92. The molecule has 4 aliphatic carbocycles. The van der Waals surface area contributed by atoms with Crippen LogP contribution in [0.15, 0.2) is 53.6 Å². The fraction of sp³-hybridized carbons (Fsp3) is 0.406. The molecule has 0 spiro atoms. The summed E-state index contributed by atoms with van der Waals surface area (Å²) >= 11 is 1.17. The Bertz CT molecular complexity index is 2200. The molecule has 2 N–H and O–H groups in total. The molecule has 4 aliphatic rings. The summed E-state index contributed by atoms with van der Waals surface area (Å²) in [6, 6.07) is 6.69. The molecule has 4 aromatic rings. The molecule has 18 heteroatoms. The van der Waals surface area contributed by atoms with Gasteiger partial charge in [-0.1, -0.05) is 12.1 Å². The number of halogens is 6. The lowest BCUT2D eigenvalue weighted by Crippen LogP contribution is -2.67. The van der Waals surface area contributed by atoms with Crippen LogP contribution in [0.25, 0.3) is 21.8 Å². The number of benzene rings is 2. The smallest absolute Gasteiger partial charge is 0.351 e. The maximum atomic E-state index is 16.3. The van der Waals surface area contributed by atoms with Gasteiger partial charge in [-0.2, -0.15) is 13.2 Å². The Labute approximate surface area is 287 Å². The standard InChI is InChI=1S/C32H29F6N5O4S3/c1-49(44,45)18-10-8-17(9-11-18)40-29-39-13-12-23(41-29)26-25(42-28(48-26)30-14-31(35,15-30)16-30)19-4-2-7-22(24(19)34)43-50(46,47)27-20(32(36,37)38)5-3-6-21(27)33/h2-7,12-13,17-18,43H,8-11,14-16H2,1H3,(H,39,40,41). The summed E-state index contributed by atoms with van der Waals surface area (Å²) < 4.78 is 138. The van der Waals surface area contributed by atoms with Crippen LogP contribution < -0.4 is 10.0 Å². The summed E-state index contributed by atoms with van der Waals surface area (Å²) in [5.41, 5.74) is -4.19. The van der Waals surface area contributed by atoms with Crippen LogP contribution in [0.5, 0.6) is 0 Å². The van der Waals surface area contributed by atoms with Crippen LogP contribution in [0, 0.1) is 11.6 Å². The minimum atomic E-state index is -5.29. The maximum absolute atomic E-state index is 16.3. The first kappa shape index (κ1) is 34.7. The van der Waals surface area contributed by atoms with Gasteiger partial charge in [0.1, 0.15) is 31.2 Å². The molecule has 2 heterocycles. The highest BCUT2D eigenvalue weighted by Crippen LogP contribution is 2.70. The van der Waals surface area contributed by atoms with Crippen LogP contribution in [0.4, 0.5) is 38.0 Å². The van der Waals surface area contributed by atoms with E-state index in [0.29, 0.717) is 59.5 Å². The van der Waals surface area contributed by atoms with Crippen LogP contribution in [0.1, 0.15) is 55.5 Å². The van der Waals surface area contributed by atoms with E-state index in [9.17, 15) is 38.8 Å². The van der Waals surface area contributed by atoms with E-state index in [4.69, 9.17) is 4.98 Å². The van der Waals surface area contributed by atoms with Gasteiger partial charge in [0, 0.05) is 29.5 Å². The first-order chi connectivity index (χ1) is 23.4. The molecule has 0 aliphatic heterocycles. The van der Waals surface area contributed by atoms with Crippen LogP contribution >= 0.6 is 11.3 Å². The predicted octanol–water partition coefficient (Wildman–Crippen LogP) is 7.28. The van der Waals surface area contributed by atoms with E-state index in [0.717, 1.165) is 6.07 Å². The molecule has 4 saturated carbocycles. The molecule has 0 radical (unpaired) electrons. The number of hydrogen-bond donors (Lipinski definition) is 2. The third kappa shape index (κ3) is 6.23. The molecule has 0 amide bonds. The zero-order valence-electron chi connectivity index (χ0n) is 26.2. The highest BCUT2D eigenvalue weighted by Gasteiger charge is 2.71. The molecule has 9 nitrogen and oxygen atoms in total. The largest absolute Gasteiger partial charge is 0.417 e. The highest BCUT2D eigenvalue weighted by atomic mass is 32.2. The fourth-order valence-corrected chi connectivity index (χ4v) is 10.9. The Balaban J connectivity index is 1.24. The van der Waals surface area contributed by atoms with Crippen molar-refractivity contribution >= 4 is 42.8 Å². The number of sulfone groups is 1. The van der Waals surface area contributed by atoms with Gasteiger partial charge in [0.2, 0.25) is 5.95 Å². The van der Waals surface area contributed by atoms with Gasteiger partial charge in [0.05, 0.1) is 32.8 Å². The number of alkyl halides is 4. The van der Waals surface area contributed by atoms with Gasteiger partial charge in [-0.05, 0) is 75.3 Å². The molecule has 0 unspecified atom stereocenters. The number of anilines is 2. The lowest BCUT2D eigenvalue weighted by Gasteiger charge is -2.64. The van der Waals surface area contributed by atoms with Crippen molar-refractivity contribution in [3.8, 4) is 21.8 Å². The van der Waals surface area contributed by atoms with Crippen LogP contribution in [-0.4, -0.2) is 55.0 Å². The van der Waals surface area contributed by atoms with E-state index in [1.165, 1.54) is 35.9 Å². The summed E-state index contributed by atoms with van der Waals surface area (Å²) in [6.45, 7) is 0. The monoisotopic (exact) mass is 757 g/mol. The molecular weight excluding hydrogens is 729 g/mol. The van der Waals surface area contributed by atoms with Crippen molar-refractivity contribution in [3.63, 3.8) is 0 Å². The van der Waals surface area contributed by atoms with Crippen molar-refractivity contribution in [3.05, 3.63) is 70.9 Å². The number of rotatable bonds is 9. The number of hydrogen-bond acceptors (Lipinski definition) is 9. The zero-order valence-corrected chi connectivity index (χ0v) is 28.6. The average molecular weight is 758 g/mol. The molecule has 50 heavy (non-hydrogen) atoms. The maximum Gasteiger partial charge on any atom is 0.417 e. The molecule has 4 fully saturated rings. The molecule has 266 valence electrons. The van der Waals surface area contributed by atoms with E-state index in [1.807, 2.05) is 0 Å². The first-order valence-electron chi connectivity index (χ1n) is 15.5. The third-order valence-corrected chi connectivity index (χ3v) is 14.0. The van der Waals surface area contributed by atoms with E-state index >= 15 is 4.39 Å². The van der Waals surface area contributed by atoms with Crippen molar-refractivity contribution in [2.45, 2.75) is 78.4 Å². The van der Waals surface area contributed by atoms with Crippen LogP contribution in [0.3, 0.4) is 0 Å². The van der Waals surface area contributed by atoms with Crippen molar-refractivity contribution in [1.82, 2.24) is 15.0 Å². The molecular formula is C32H29F6N5O4S3. The Morgan fingerprint density at radius 3 is 2.24 bits per heavy atom. The molecule has 0 saturated heterocycles. The normalized spacial score (nSPS) is 25.0. The van der Waals surface area contributed by atoms with Gasteiger partial charge in [-0.25, -0.2) is 45.0 Å². The number of thiazole rings is 1. The second-order valence-electron chi connectivity index (χ2n) is 13.3. The summed E-state index contributed by atoms with van der Waals surface area (Å²) in [4.78, 5) is 12.3. The minimum Gasteiger partial charge on any atom is -0.351 e. The van der Waals surface area contributed by atoms with Gasteiger partial charge in [0.15, 0.2) is 5.82 Å². The van der Waals surface area contributed by atoms with E-state index in [1.54, 1.807) is 10.8 Å². The van der Waals surface area contributed by atoms with E-state index in [2.05, 4.69) is 15.3 Å². The summed E-state index contributed by atoms with van der Waals surface area (Å²) in [5, 5.41) is 3.34. The number of aromatic nitrogens is 3. The van der Waals surface area contributed by atoms with Gasteiger partial charge >= 0.3 is 6.18 Å². The topological polar surface area (TPSA) is 131 Å². The number of nitrogens with zero attached hydrogens (tertiary/aromatic N) is 3. The Morgan fingerprint density at radius 2 is 1.60 bits per heavy atom. The predicted molar refractivity (Wildman–Crippen MR) is 175 cm³/mol. The Hall–Kier alpha value is -3.77. The lowest BCUT2D eigenvalue weighted by molar-refractivity contribution is -0.158. The average Bonchev–Trinajstić information content (AvgIpc) is 3.44.